The van der Waals surface area contributed by atoms with Crippen LogP contribution >= 0.6 is 0 Å². The van der Waals surface area contributed by atoms with Gasteiger partial charge >= 0.3 is 0 Å². The second-order valence-electron chi connectivity index (χ2n) is 5.14. The zero-order chi connectivity index (χ0) is 13.8. The van der Waals surface area contributed by atoms with Crippen LogP contribution in [0.25, 0.3) is 0 Å². The fourth-order valence-corrected chi connectivity index (χ4v) is 1.62. The lowest BCUT2D eigenvalue weighted by molar-refractivity contribution is 0.0941. The molecule has 0 aromatic heterocycles. The highest BCUT2D eigenvalue weighted by molar-refractivity contribution is 5.97. The van der Waals surface area contributed by atoms with Gasteiger partial charge in [0.2, 0.25) is 0 Å². The third-order valence-electron chi connectivity index (χ3n) is 2.71. The maximum atomic E-state index is 12.0. The molecule has 1 aromatic carbocycles. The van der Waals surface area contributed by atoms with Crippen LogP contribution in [-0.4, -0.2) is 31.3 Å². The van der Waals surface area contributed by atoms with E-state index in [1.807, 2.05) is 12.1 Å². The maximum Gasteiger partial charge on any atom is 0.255 e. The summed E-state index contributed by atoms with van der Waals surface area (Å²) in [4.78, 5) is 12.0. The van der Waals surface area contributed by atoms with Crippen molar-refractivity contribution in [3.8, 4) is 5.75 Å². The van der Waals surface area contributed by atoms with Gasteiger partial charge in [0.05, 0.1) is 19.3 Å². The molecule has 0 aliphatic rings. The lowest BCUT2D eigenvalue weighted by Crippen LogP contribution is -2.27. The topological polar surface area (TPSA) is 58.6 Å². The van der Waals surface area contributed by atoms with Gasteiger partial charge in [-0.2, -0.15) is 0 Å². The average Bonchev–Trinajstić information content (AvgIpc) is 2.34. The van der Waals surface area contributed by atoms with Gasteiger partial charge in [0, 0.05) is 6.54 Å². The Bertz CT molecular complexity index is 422. The Hall–Kier alpha value is -1.55. The lowest BCUT2D eigenvalue weighted by atomic mass is 9.86. The number of nitrogens with one attached hydrogen (secondary N) is 1. The molecule has 1 rings (SSSR count). The first-order valence-electron chi connectivity index (χ1n) is 5.97. The first kappa shape index (κ1) is 14.5. The summed E-state index contributed by atoms with van der Waals surface area (Å²) in [6.07, 6.45) is 0. The first-order valence-corrected chi connectivity index (χ1v) is 5.97. The molecule has 0 saturated carbocycles. The summed E-state index contributed by atoms with van der Waals surface area (Å²) in [7, 11) is 1.54. The molecule has 0 bridgehead atoms. The molecule has 1 amide bonds. The van der Waals surface area contributed by atoms with Crippen LogP contribution in [0.1, 0.15) is 36.7 Å². The number of ether oxygens (including phenoxy) is 1. The Morgan fingerprint density at radius 3 is 2.56 bits per heavy atom. The van der Waals surface area contributed by atoms with Crippen LogP contribution < -0.4 is 10.1 Å². The van der Waals surface area contributed by atoms with Gasteiger partial charge in [-0.05, 0) is 23.1 Å². The number of methoxy groups -OCH3 is 1. The third-order valence-corrected chi connectivity index (χ3v) is 2.71. The van der Waals surface area contributed by atoms with E-state index in [4.69, 9.17) is 9.84 Å². The van der Waals surface area contributed by atoms with Gasteiger partial charge in [-0.15, -0.1) is 0 Å². The molecule has 0 radical (unpaired) electrons. The van der Waals surface area contributed by atoms with Crippen molar-refractivity contribution in [1.29, 1.82) is 0 Å². The second kappa shape index (κ2) is 5.87. The zero-order valence-electron chi connectivity index (χ0n) is 11.4. The Kier molecular flexibility index (Phi) is 4.73. The molecular weight excluding hydrogens is 230 g/mol. The normalized spacial score (nSPS) is 11.2. The lowest BCUT2D eigenvalue weighted by Gasteiger charge is -2.20. The number of hydrogen-bond donors (Lipinski definition) is 2. The largest absolute Gasteiger partial charge is 0.496 e. The molecule has 0 fully saturated rings. The molecule has 4 heteroatoms. The van der Waals surface area contributed by atoms with Gasteiger partial charge in [0.15, 0.2) is 0 Å². The number of benzene rings is 1. The molecule has 0 unspecified atom stereocenters. The predicted molar refractivity (Wildman–Crippen MR) is 71.1 cm³/mol. The summed E-state index contributed by atoms with van der Waals surface area (Å²) in [6, 6.07) is 5.60. The molecule has 0 saturated heterocycles. The molecule has 18 heavy (non-hydrogen) atoms. The Morgan fingerprint density at radius 1 is 1.39 bits per heavy atom. The Labute approximate surface area is 108 Å². The predicted octanol–water partition coefficient (Wildman–Crippen LogP) is 1.71. The highest BCUT2D eigenvalue weighted by Crippen LogP contribution is 2.27. The minimum atomic E-state index is -0.230. The van der Waals surface area contributed by atoms with Gasteiger partial charge in [0.25, 0.3) is 5.91 Å². The molecule has 0 heterocycles. The number of amides is 1. The van der Waals surface area contributed by atoms with Crippen LogP contribution in [0.4, 0.5) is 0 Å². The number of aliphatic hydroxyl groups is 1. The Balaban J connectivity index is 3.10. The van der Waals surface area contributed by atoms with Crippen molar-refractivity contribution in [3.63, 3.8) is 0 Å². The van der Waals surface area contributed by atoms with Gasteiger partial charge in [0.1, 0.15) is 5.75 Å². The smallest absolute Gasteiger partial charge is 0.255 e. The van der Waals surface area contributed by atoms with E-state index in [0.717, 1.165) is 5.56 Å². The molecular formula is C14H21NO3. The fraction of sp³-hybridized carbons (Fsp3) is 0.500. The summed E-state index contributed by atoms with van der Waals surface area (Å²) in [6.45, 7) is 6.42. The first-order chi connectivity index (χ1) is 8.40. The number of aliphatic hydroxyl groups excluding tert-OH is 1. The molecule has 0 atom stereocenters. The van der Waals surface area contributed by atoms with E-state index in [9.17, 15) is 4.79 Å². The van der Waals surface area contributed by atoms with Crippen LogP contribution in [-0.2, 0) is 5.41 Å². The zero-order valence-corrected chi connectivity index (χ0v) is 11.4. The van der Waals surface area contributed by atoms with Gasteiger partial charge < -0.3 is 15.2 Å². The number of carbonyl (C=O) groups excluding carboxylic acids is 1. The van der Waals surface area contributed by atoms with E-state index in [1.165, 1.54) is 7.11 Å². The third kappa shape index (κ3) is 3.47. The monoisotopic (exact) mass is 251 g/mol. The highest BCUT2D eigenvalue weighted by atomic mass is 16.5. The minimum absolute atomic E-state index is 0.0295. The van der Waals surface area contributed by atoms with Crippen LogP contribution in [0.5, 0.6) is 5.75 Å². The maximum absolute atomic E-state index is 12.0. The van der Waals surface area contributed by atoms with Gasteiger partial charge in [-0.25, -0.2) is 0 Å². The van der Waals surface area contributed by atoms with E-state index in [0.29, 0.717) is 11.3 Å². The highest BCUT2D eigenvalue weighted by Gasteiger charge is 2.18. The van der Waals surface area contributed by atoms with Crippen molar-refractivity contribution < 1.29 is 14.6 Å². The van der Waals surface area contributed by atoms with E-state index in [1.54, 1.807) is 6.07 Å². The summed E-state index contributed by atoms with van der Waals surface area (Å²) in [5.41, 5.74) is 1.54. The van der Waals surface area contributed by atoms with Crippen molar-refractivity contribution in [2.45, 2.75) is 26.2 Å². The van der Waals surface area contributed by atoms with Crippen LogP contribution in [0, 0.1) is 0 Å². The van der Waals surface area contributed by atoms with E-state index in [2.05, 4.69) is 26.1 Å². The number of rotatable bonds is 4. The van der Waals surface area contributed by atoms with E-state index in [-0.39, 0.29) is 24.5 Å². The van der Waals surface area contributed by atoms with Gasteiger partial charge in [-0.1, -0.05) is 26.8 Å². The van der Waals surface area contributed by atoms with Gasteiger partial charge in [-0.3, -0.25) is 4.79 Å². The summed E-state index contributed by atoms with van der Waals surface area (Å²) < 4.78 is 5.19. The summed E-state index contributed by atoms with van der Waals surface area (Å²) in [5, 5.41) is 11.4. The average molecular weight is 251 g/mol. The Morgan fingerprint density at radius 2 is 2.06 bits per heavy atom. The molecule has 0 aliphatic carbocycles. The van der Waals surface area contributed by atoms with Crippen molar-refractivity contribution >= 4 is 5.91 Å². The van der Waals surface area contributed by atoms with E-state index < -0.39 is 0 Å². The molecule has 0 aliphatic heterocycles. The van der Waals surface area contributed by atoms with Crippen molar-refractivity contribution in [2.24, 2.45) is 0 Å². The van der Waals surface area contributed by atoms with Crippen LogP contribution in [0.3, 0.4) is 0 Å². The molecule has 4 nitrogen and oxygen atoms in total. The minimum Gasteiger partial charge on any atom is -0.496 e. The molecule has 0 spiro atoms. The van der Waals surface area contributed by atoms with Crippen molar-refractivity contribution in [3.05, 3.63) is 29.3 Å². The van der Waals surface area contributed by atoms with Crippen molar-refractivity contribution in [2.75, 3.05) is 20.3 Å². The second-order valence-corrected chi connectivity index (χ2v) is 5.14. The molecule has 2 N–H and O–H groups in total. The number of carbonyl (C=O) groups is 1. The molecule has 100 valence electrons. The van der Waals surface area contributed by atoms with E-state index >= 15 is 0 Å². The van der Waals surface area contributed by atoms with Crippen LogP contribution in [0.15, 0.2) is 18.2 Å². The number of hydrogen-bond acceptors (Lipinski definition) is 3. The van der Waals surface area contributed by atoms with Crippen LogP contribution in [0.2, 0.25) is 0 Å². The quantitative estimate of drug-likeness (QED) is 0.856. The SMILES string of the molecule is COc1ccc(C(C)(C)C)cc1C(=O)NCCO. The summed E-state index contributed by atoms with van der Waals surface area (Å²) in [5.74, 6) is 0.311. The molecule has 1 aromatic rings. The van der Waals surface area contributed by atoms with Crippen molar-refractivity contribution in [1.82, 2.24) is 5.32 Å². The standard InChI is InChI=1S/C14H21NO3/c1-14(2,3)10-5-6-12(18-4)11(9-10)13(17)15-7-8-16/h5-6,9,16H,7-8H2,1-4H3,(H,15,17). The summed E-state index contributed by atoms with van der Waals surface area (Å²) >= 11 is 0. The fourth-order valence-electron chi connectivity index (χ4n) is 1.62.